The third-order valence-electron chi connectivity index (χ3n) is 1.69. The molecule has 0 amide bonds. The largest absolute Gasteiger partial charge is 0.383 e. The van der Waals surface area contributed by atoms with Gasteiger partial charge in [0.15, 0.2) is 0 Å². The molecule has 0 saturated carbocycles. The molecule has 0 saturated heterocycles. The summed E-state index contributed by atoms with van der Waals surface area (Å²) in [5, 5.41) is 9.41. The van der Waals surface area contributed by atoms with Crippen molar-refractivity contribution in [1.29, 1.82) is 0 Å². The lowest BCUT2D eigenvalue weighted by Gasteiger charge is -2.13. The fourth-order valence-corrected chi connectivity index (χ4v) is 1.97. The molecule has 2 heteroatoms. The topological polar surface area (TPSA) is 20.2 Å². The van der Waals surface area contributed by atoms with Gasteiger partial charge in [0.1, 0.15) is 0 Å². The highest BCUT2D eigenvalue weighted by Gasteiger charge is 2.09. The van der Waals surface area contributed by atoms with Crippen LogP contribution in [0.3, 0.4) is 0 Å². The van der Waals surface area contributed by atoms with Gasteiger partial charge in [0.25, 0.3) is 0 Å². The molecule has 1 N–H and O–H groups in total. The van der Waals surface area contributed by atoms with E-state index >= 15 is 0 Å². The summed E-state index contributed by atoms with van der Waals surface area (Å²) in [5.41, 5.74) is 0.826. The Balaban J connectivity index is 2.73. The maximum atomic E-state index is 9.23. The Morgan fingerprint density at radius 3 is 2.46 bits per heavy atom. The zero-order valence-electron chi connectivity index (χ0n) is 7.68. The quantitative estimate of drug-likeness (QED) is 0.587. The zero-order valence-corrected chi connectivity index (χ0v) is 8.50. The van der Waals surface area contributed by atoms with E-state index in [1.54, 1.807) is 6.92 Å². The van der Waals surface area contributed by atoms with Crippen molar-refractivity contribution < 1.29 is 5.11 Å². The number of hydrogen-bond acceptors (Lipinski definition) is 2. The second-order valence-electron chi connectivity index (χ2n) is 2.80. The minimum absolute atomic E-state index is 0.182. The van der Waals surface area contributed by atoms with Crippen LogP contribution in [0.1, 0.15) is 17.7 Å². The minimum Gasteiger partial charge on any atom is -0.383 e. The van der Waals surface area contributed by atoms with Gasteiger partial charge in [-0.1, -0.05) is 36.4 Å². The maximum absolute atomic E-state index is 9.23. The van der Waals surface area contributed by atoms with Gasteiger partial charge in [0.05, 0.1) is 5.44 Å². The molecule has 0 heterocycles. The predicted molar refractivity (Wildman–Crippen MR) is 58.7 cm³/mol. The molecule has 2 atom stereocenters. The van der Waals surface area contributed by atoms with E-state index in [2.05, 4.69) is 6.58 Å². The SMILES string of the molecule is C=CC(SC(C)O)c1ccccc1. The summed E-state index contributed by atoms with van der Waals surface area (Å²) >= 11 is 1.49. The predicted octanol–water partition coefficient (Wildman–Crippen LogP) is 2.99. The molecule has 70 valence electrons. The van der Waals surface area contributed by atoms with Crippen LogP contribution in [0.25, 0.3) is 0 Å². The van der Waals surface area contributed by atoms with Crippen molar-refractivity contribution in [3.63, 3.8) is 0 Å². The second kappa shape index (κ2) is 5.10. The normalized spacial score (nSPS) is 14.9. The maximum Gasteiger partial charge on any atom is 0.0973 e. The first-order chi connectivity index (χ1) is 6.24. The van der Waals surface area contributed by atoms with Crippen LogP contribution >= 0.6 is 11.8 Å². The number of thioether (sulfide) groups is 1. The minimum atomic E-state index is -0.358. The van der Waals surface area contributed by atoms with Crippen molar-refractivity contribution in [2.24, 2.45) is 0 Å². The summed E-state index contributed by atoms with van der Waals surface area (Å²) in [6, 6.07) is 10.1. The van der Waals surface area contributed by atoms with Crippen LogP contribution in [0.5, 0.6) is 0 Å². The molecule has 0 aliphatic rings. The van der Waals surface area contributed by atoms with Gasteiger partial charge in [-0.15, -0.1) is 18.3 Å². The molecule has 0 fully saturated rings. The molecule has 0 aliphatic carbocycles. The number of hydrogen-bond donors (Lipinski definition) is 1. The van der Waals surface area contributed by atoms with Crippen LogP contribution < -0.4 is 0 Å². The van der Waals surface area contributed by atoms with Crippen molar-refractivity contribution >= 4 is 11.8 Å². The molecule has 0 spiro atoms. The van der Waals surface area contributed by atoms with E-state index in [4.69, 9.17) is 0 Å². The van der Waals surface area contributed by atoms with E-state index in [1.807, 2.05) is 36.4 Å². The monoisotopic (exact) mass is 194 g/mol. The molecule has 1 nitrogen and oxygen atoms in total. The molecule has 0 aromatic heterocycles. The smallest absolute Gasteiger partial charge is 0.0973 e. The van der Waals surface area contributed by atoms with E-state index in [-0.39, 0.29) is 10.7 Å². The highest BCUT2D eigenvalue weighted by Crippen LogP contribution is 2.31. The number of rotatable bonds is 4. The van der Waals surface area contributed by atoms with E-state index in [0.717, 1.165) is 0 Å². The van der Waals surface area contributed by atoms with E-state index < -0.39 is 0 Å². The van der Waals surface area contributed by atoms with Crippen LogP contribution in [-0.2, 0) is 0 Å². The third-order valence-corrected chi connectivity index (χ3v) is 2.84. The molecular formula is C11H14OS. The third kappa shape index (κ3) is 3.25. The van der Waals surface area contributed by atoms with Crippen molar-refractivity contribution in [3.8, 4) is 0 Å². The van der Waals surface area contributed by atoms with Crippen molar-refractivity contribution in [1.82, 2.24) is 0 Å². The number of aliphatic hydroxyl groups excluding tert-OH is 1. The lowest BCUT2D eigenvalue weighted by molar-refractivity contribution is 0.283. The van der Waals surface area contributed by atoms with Gasteiger partial charge >= 0.3 is 0 Å². The van der Waals surface area contributed by atoms with Crippen molar-refractivity contribution in [2.75, 3.05) is 0 Å². The summed E-state index contributed by atoms with van der Waals surface area (Å²) in [7, 11) is 0. The van der Waals surface area contributed by atoms with Crippen LogP contribution in [0.4, 0.5) is 0 Å². The Labute approximate surface area is 83.5 Å². The molecule has 0 bridgehead atoms. The van der Waals surface area contributed by atoms with E-state index in [0.29, 0.717) is 0 Å². The van der Waals surface area contributed by atoms with Crippen LogP contribution in [0, 0.1) is 0 Å². The van der Waals surface area contributed by atoms with Gasteiger partial charge < -0.3 is 5.11 Å². The van der Waals surface area contributed by atoms with E-state index in [1.165, 1.54) is 17.3 Å². The van der Waals surface area contributed by atoms with Crippen molar-refractivity contribution in [3.05, 3.63) is 48.6 Å². The van der Waals surface area contributed by atoms with Crippen molar-refractivity contribution in [2.45, 2.75) is 17.6 Å². The Hall–Kier alpha value is -0.730. The summed E-state index contributed by atoms with van der Waals surface area (Å²) in [6.07, 6.45) is 1.85. The number of benzene rings is 1. The lowest BCUT2D eigenvalue weighted by atomic mass is 10.1. The highest BCUT2D eigenvalue weighted by molar-refractivity contribution is 8.00. The van der Waals surface area contributed by atoms with Gasteiger partial charge in [0, 0.05) is 5.25 Å². The van der Waals surface area contributed by atoms with Gasteiger partial charge in [-0.3, -0.25) is 0 Å². The number of aliphatic hydroxyl groups is 1. The first kappa shape index (κ1) is 10.4. The molecule has 2 unspecified atom stereocenters. The fourth-order valence-electron chi connectivity index (χ4n) is 1.13. The summed E-state index contributed by atoms with van der Waals surface area (Å²) in [6.45, 7) is 5.53. The average Bonchev–Trinajstić information content (AvgIpc) is 2.15. The molecule has 1 aromatic rings. The van der Waals surface area contributed by atoms with Gasteiger partial charge in [-0.25, -0.2) is 0 Å². The average molecular weight is 194 g/mol. The Bertz CT molecular complexity index is 256. The molecule has 1 rings (SSSR count). The fraction of sp³-hybridized carbons (Fsp3) is 0.273. The molecule has 13 heavy (non-hydrogen) atoms. The first-order valence-electron chi connectivity index (χ1n) is 4.25. The molecule has 1 aromatic carbocycles. The van der Waals surface area contributed by atoms with Crippen LogP contribution in [0.2, 0.25) is 0 Å². The molecular weight excluding hydrogens is 180 g/mol. The summed E-state index contributed by atoms with van der Waals surface area (Å²) in [4.78, 5) is 0. The Morgan fingerprint density at radius 2 is 2.00 bits per heavy atom. The molecule has 0 aliphatic heterocycles. The van der Waals surface area contributed by atoms with Crippen LogP contribution in [-0.4, -0.2) is 10.5 Å². The van der Waals surface area contributed by atoms with E-state index in [9.17, 15) is 5.11 Å². The Kier molecular flexibility index (Phi) is 4.06. The molecule has 0 radical (unpaired) electrons. The van der Waals surface area contributed by atoms with Gasteiger partial charge in [-0.05, 0) is 12.5 Å². The Morgan fingerprint density at radius 1 is 1.38 bits per heavy atom. The summed E-state index contributed by atoms with van der Waals surface area (Å²) < 4.78 is 0. The van der Waals surface area contributed by atoms with Crippen LogP contribution in [0.15, 0.2) is 43.0 Å². The standard InChI is InChI=1S/C11H14OS/c1-3-11(13-9(2)12)10-7-5-4-6-8-10/h3-9,11-12H,1H2,2H3. The van der Waals surface area contributed by atoms with Gasteiger partial charge in [-0.2, -0.15) is 0 Å². The zero-order chi connectivity index (χ0) is 9.68. The van der Waals surface area contributed by atoms with Gasteiger partial charge in [0.2, 0.25) is 0 Å². The lowest BCUT2D eigenvalue weighted by Crippen LogP contribution is -1.98. The summed E-state index contributed by atoms with van der Waals surface area (Å²) in [5.74, 6) is 0. The first-order valence-corrected chi connectivity index (χ1v) is 5.19. The second-order valence-corrected chi connectivity index (χ2v) is 4.26. The highest BCUT2D eigenvalue weighted by atomic mass is 32.2.